The summed E-state index contributed by atoms with van der Waals surface area (Å²) in [5, 5.41) is 18.3. The van der Waals surface area contributed by atoms with Crippen LogP contribution in [-0.4, -0.2) is 66.3 Å². The maximum atomic E-state index is 12.6. The molecule has 0 saturated carbocycles. The van der Waals surface area contributed by atoms with Gasteiger partial charge in [-0.25, -0.2) is 4.57 Å². The smallest absolute Gasteiger partial charge is 0.457 e. The number of rotatable bonds is 41. The van der Waals surface area contributed by atoms with Gasteiger partial charge >= 0.3 is 13.8 Å². The van der Waals surface area contributed by atoms with Crippen molar-refractivity contribution >= 4 is 13.8 Å². The molecule has 9 nitrogen and oxygen atoms in total. The first-order chi connectivity index (χ1) is 25.3. The fourth-order valence-electron chi connectivity index (χ4n) is 5.86. The third kappa shape index (κ3) is 38.7. The highest BCUT2D eigenvalue weighted by Crippen LogP contribution is 2.43. The normalized spacial score (nSPS) is 14.3. The molecule has 3 unspecified atom stereocenters. The van der Waals surface area contributed by atoms with Crippen LogP contribution in [-0.2, 0) is 27.9 Å². The van der Waals surface area contributed by atoms with Crippen molar-refractivity contribution in [3.8, 4) is 0 Å². The van der Waals surface area contributed by atoms with Gasteiger partial charge in [-0.3, -0.25) is 13.8 Å². The number of phosphoric acid groups is 1. The van der Waals surface area contributed by atoms with Crippen LogP contribution in [0.5, 0.6) is 0 Å². The molecule has 0 saturated heterocycles. The van der Waals surface area contributed by atoms with Crippen molar-refractivity contribution in [1.29, 1.82) is 0 Å². The summed E-state index contributed by atoms with van der Waals surface area (Å²) in [4.78, 5) is 22.5. The summed E-state index contributed by atoms with van der Waals surface area (Å²) in [5.41, 5.74) is 0. The van der Waals surface area contributed by atoms with Gasteiger partial charge in [0.05, 0.1) is 26.4 Å². The van der Waals surface area contributed by atoms with E-state index in [9.17, 15) is 19.4 Å². The fraction of sp³-hybridized carbons (Fsp3) is 0.881. The first-order valence-electron chi connectivity index (χ1n) is 21.3. The minimum absolute atomic E-state index is 0.0514. The van der Waals surface area contributed by atoms with Gasteiger partial charge in [0.15, 0.2) is 0 Å². The minimum atomic E-state index is -4.51. The Hall–Kier alpha value is -1.06. The number of allylic oxidation sites excluding steroid dienone is 4. The summed E-state index contributed by atoms with van der Waals surface area (Å²) in [7, 11) is -4.51. The zero-order valence-corrected chi connectivity index (χ0v) is 34.4. The van der Waals surface area contributed by atoms with Crippen molar-refractivity contribution in [1.82, 2.24) is 0 Å². The molecule has 52 heavy (non-hydrogen) atoms. The van der Waals surface area contributed by atoms with Crippen LogP contribution in [0.2, 0.25) is 0 Å². The van der Waals surface area contributed by atoms with Crippen LogP contribution in [0.3, 0.4) is 0 Å². The quantitative estimate of drug-likeness (QED) is 0.0241. The van der Waals surface area contributed by atoms with Crippen LogP contribution in [0, 0.1) is 0 Å². The van der Waals surface area contributed by atoms with Crippen LogP contribution >= 0.6 is 7.82 Å². The molecule has 308 valence electrons. The Labute approximate surface area is 319 Å². The number of carbonyl (C=O) groups excluding carboxylic acids is 1. The molecule has 0 aromatic heterocycles. The number of unbranched alkanes of at least 4 members (excludes halogenated alkanes) is 23. The molecule has 0 aliphatic rings. The van der Waals surface area contributed by atoms with E-state index in [4.69, 9.17) is 23.6 Å². The highest BCUT2D eigenvalue weighted by Gasteiger charge is 2.26. The average molecular weight is 761 g/mol. The van der Waals surface area contributed by atoms with Crippen molar-refractivity contribution in [2.45, 2.75) is 206 Å². The Morgan fingerprint density at radius 2 is 1.04 bits per heavy atom. The van der Waals surface area contributed by atoms with E-state index in [1.54, 1.807) is 0 Å². The Bertz CT molecular complexity index is 866. The molecule has 0 heterocycles. The van der Waals surface area contributed by atoms with E-state index in [2.05, 4.69) is 38.2 Å². The van der Waals surface area contributed by atoms with E-state index in [0.717, 1.165) is 38.5 Å². The Morgan fingerprint density at radius 1 is 0.596 bits per heavy atom. The molecule has 0 fully saturated rings. The molecule has 0 aromatic carbocycles. The molecule has 3 N–H and O–H groups in total. The van der Waals surface area contributed by atoms with Gasteiger partial charge in [-0.05, 0) is 44.9 Å². The third-order valence-corrected chi connectivity index (χ3v) is 10.1. The van der Waals surface area contributed by atoms with Gasteiger partial charge in [-0.15, -0.1) is 0 Å². The number of esters is 1. The summed E-state index contributed by atoms with van der Waals surface area (Å²) in [6, 6.07) is 0. The number of carbonyl (C=O) groups is 1. The first kappa shape index (κ1) is 50.9. The van der Waals surface area contributed by atoms with Crippen molar-refractivity contribution < 1.29 is 43.0 Å². The number of aliphatic hydroxyl groups excluding tert-OH is 2. The summed E-state index contributed by atoms with van der Waals surface area (Å²) in [6.07, 6.45) is 39.8. The monoisotopic (exact) mass is 761 g/mol. The molecule has 0 bridgehead atoms. The number of ether oxygens (including phenoxy) is 2. The molecule has 0 rings (SSSR count). The van der Waals surface area contributed by atoms with Gasteiger partial charge in [-0.2, -0.15) is 0 Å². The Balaban J connectivity index is 4.14. The van der Waals surface area contributed by atoms with Crippen LogP contribution in [0.1, 0.15) is 194 Å². The van der Waals surface area contributed by atoms with E-state index in [0.29, 0.717) is 6.61 Å². The lowest BCUT2D eigenvalue weighted by atomic mass is 10.1. The number of hydrogen-bond acceptors (Lipinski definition) is 8. The molecule has 0 aliphatic heterocycles. The molecular formula is C42H81O9P. The van der Waals surface area contributed by atoms with Gasteiger partial charge < -0.3 is 24.6 Å². The van der Waals surface area contributed by atoms with Gasteiger partial charge in [0.1, 0.15) is 12.2 Å². The van der Waals surface area contributed by atoms with E-state index >= 15 is 0 Å². The Kier molecular flexibility index (Phi) is 38.8. The van der Waals surface area contributed by atoms with E-state index in [1.807, 2.05) is 0 Å². The number of hydrogen-bond donors (Lipinski definition) is 3. The summed E-state index contributed by atoms with van der Waals surface area (Å²) >= 11 is 0. The highest BCUT2D eigenvalue weighted by molar-refractivity contribution is 7.47. The second-order valence-corrected chi connectivity index (χ2v) is 15.8. The average Bonchev–Trinajstić information content (AvgIpc) is 3.13. The van der Waals surface area contributed by atoms with E-state index in [-0.39, 0.29) is 25.6 Å². The van der Waals surface area contributed by atoms with Gasteiger partial charge in [0, 0.05) is 13.0 Å². The molecule has 10 heteroatoms. The van der Waals surface area contributed by atoms with Crippen molar-refractivity contribution in [3.05, 3.63) is 24.3 Å². The molecule has 0 spiro atoms. The molecule has 0 aliphatic carbocycles. The lowest BCUT2D eigenvalue weighted by Gasteiger charge is -2.20. The molecule has 0 aromatic rings. The Morgan fingerprint density at radius 3 is 1.58 bits per heavy atom. The number of aliphatic hydroxyl groups is 2. The maximum Gasteiger partial charge on any atom is 0.472 e. The maximum absolute atomic E-state index is 12.6. The molecule has 3 atom stereocenters. The standard InChI is InChI=1S/C42H81O9P/c1-3-5-7-9-11-13-15-17-18-19-20-21-22-23-24-26-28-30-32-34-42(45)51-41(39-50-52(46,47)49-37-40(44)36-43)38-48-35-33-31-29-27-25-16-14-12-10-8-6-4-2/h11,13,17-18,40-41,43-44H,3-10,12,14-16,19-39H2,1-2H3,(H,46,47)/b13-11-,18-17-. The van der Waals surface area contributed by atoms with Gasteiger partial charge in [0.25, 0.3) is 0 Å². The summed E-state index contributed by atoms with van der Waals surface area (Å²) in [6.45, 7) is 3.51. The minimum Gasteiger partial charge on any atom is -0.457 e. The number of phosphoric ester groups is 1. The van der Waals surface area contributed by atoms with Crippen molar-refractivity contribution in [2.24, 2.45) is 0 Å². The summed E-state index contributed by atoms with van der Waals surface area (Å²) < 4.78 is 33.3. The largest absolute Gasteiger partial charge is 0.472 e. The zero-order valence-electron chi connectivity index (χ0n) is 33.5. The van der Waals surface area contributed by atoms with E-state index in [1.165, 1.54) is 135 Å². The van der Waals surface area contributed by atoms with Crippen LogP contribution < -0.4 is 0 Å². The van der Waals surface area contributed by atoms with Crippen LogP contribution in [0.15, 0.2) is 24.3 Å². The van der Waals surface area contributed by atoms with Crippen molar-refractivity contribution in [3.63, 3.8) is 0 Å². The third-order valence-electron chi connectivity index (χ3n) is 9.14. The van der Waals surface area contributed by atoms with Crippen LogP contribution in [0.4, 0.5) is 0 Å². The summed E-state index contributed by atoms with van der Waals surface area (Å²) in [5.74, 6) is -0.385. The second kappa shape index (κ2) is 39.6. The predicted octanol–water partition coefficient (Wildman–Crippen LogP) is 11.5. The van der Waals surface area contributed by atoms with Gasteiger partial charge in [-0.1, -0.05) is 167 Å². The topological polar surface area (TPSA) is 132 Å². The lowest BCUT2D eigenvalue weighted by Crippen LogP contribution is -2.29. The fourth-order valence-corrected chi connectivity index (χ4v) is 6.65. The van der Waals surface area contributed by atoms with E-state index < -0.39 is 33.2 Å². The molecule has 0 amide bonds. The predicted molar refractivity (Wildman–Crippen MR) is 214 cm³/mol. The first-order valence-corrected chi connectivity index (χ1v) is 22.8. The van der Waals surface area contributed by atoms with Gasteiger partial charge in [0.2, 0.25) is 0 Å². The van der Waals surface area contributed by atoms with Crippen molar-refractivity contribution in [2.75, 3.05) is 33.0 Å². The highest BCUT2D eigenvalue weighted by atomic mass is 31.2. The SMILES string of the molecule is CCCCC/C=C\C/C=C\CCCCCCCCCCCC(=O)OC(COCCCCCCCCCCCCCC)COP(=O)(O)OCC(O)CO. The van der Waals surface area contributed by atoms with Crippen LogP contribution in [0.25, 0.3) is 0 Å². The zero-order chi connectivity index (χ0) is 38.2. The lowest BCUT2D eigenvalue weighted by molar-refractivity contribution is -0.154. The molecule has 0 radical (unpaired) electrons. The molecular weight excluding hydrogens is 679 g/mol. The second-order valence-electron chi connectivity index (χ2n) is 14.4.